The molecule has 1 aromatic heterocycles. The summed E-state index contributed by atoms with van der Waals surface area (Å²) in [6, 6.07) is 7.55. The third-order valence-corrected chi connectivity index (χ3v) is 6.33. The highest BCUT2D eigenvalue weighted by atomic mass is 32.2. The Morgan fingerprint density at radius 3 is 2.07 bits per heavy atom. The minimum atomic E-state index is -4.46. The predicted octanol–water partition coefficient (Wildman–Crippen LogP) is 1.71. The third-order valence-electron chi connectivity index (χ3n) is 4.41. The first-order valence-electron chi connectivity index (χ1n) is 8.27. The van der Waals surface area contributed by atoms with E-state index in [4.69, 9.17) is 5.73 Å². The molecule has 0 bridgehead atoms. The van der Waals surface area contributed by atoms with Crippen LogP contribution in [0.25, 0.3) is 0 Å². The fraction of sp³-hybridized carbons (Fsp3) is 0.294. The number of pyridine rings is 1. The number of alkyl halides is 3. The molecule has 11 heteroatoms. The first kappa shape index (κ1) is 20.1. The summed E-state index contributed by atoms with van der Waals surface area (Å²) < 4.78 is 64.6. The molecule has 2 aromatic rings. The Kier molecular flexibility index (Phi) is 5.31. The molecule has 1 amide bonds. The van der Waals surface area contributed by atoms with Crippen molar-refractivity contribution in [3.8, 4) is 0 Å². The van der Waals surface area contributed by atoms with Gasteiger partial charge in [0.05, 0.1) is 10.5 Å². The van der Waals surface area contributed by atoms with Crippen molar-refractivity contribution in [3.63, 3.8) is 0 Å². The molecule has 0 aliphatic carbocycles. The molecule has 0 unspecified atom stereocenters. The van der Waals surface area contributed by atoms with Crippen LogP contribution in [0.15, 0.2) is 47.5 Å². The monoisotopic (exact) mass is 414 g/mol. The number of aromatic nitrogens is 1. The molecule has 0 radical (unpaired) electrons. The Balaban J connectivity index is 1.68. The summed E-state index contributed by atoms with van der Waals surface area (Å²) in [7, 11) is -3.75. The number of rotatable bonds is 4. The van der Waals surface area contributed by atoms with Crippen LogP contribution in [0.2, 0.25) is 0 Å². The number of benzene rings is 1. The van der Waals surface area contributed by atoms with Gasteiger partial charge in [0.25, 0.3) is 0 Å². The average molecular weight is 414 g/mol. The minimum Gasteiger partial charge on any atom is -0.366 e. The largest absolute Gasteiger partial charge is 0.417 e. The second-order valence-corrected chi connectivity index (χ2v) is 8.12. The number of carbonyl (C=O) groups is 1. The summed E-state index contributed by atoms with van der Waals surface area (Å²) in [5.74, 6) is -0.294. The van der Waals surface area contributed by atoms with Crippen LogP contribution in [0.5, 0.6) is 0 Å². The maximum Gasteiger partial charge on any atom is 0.417 e. The number of sulfonamides is 1. The van der Waals surface area contributed by atoms with Gasteiger partial charge in [-0.15, -0.1) is 0 Å². The van der Waals surface area contributed by atoms with Crippen LogP contribution in [0.3, 0.4) is 0 Å². The smallest absolute Gasteiger partial charge is 0.366 e. The fourth-order valence-corrected chi connectivity index (χ4v) is 4.26. The topological polar surface area (TPSA) is 96.6 Å². The first-order chi connectivity index (χ1) is 13.1. The number of nitrogens with two attached hydrogens (primary N) is 1. The van der Waals surface area contributed by atoms with Crippen LogP contribution >= 0.6 is 0 Å². The molecule has 1 aromatic carbocycles. The van der Waals surface area contributed by atoms with E-state index in [1.807, 2.05) is 0 Å². The Morgan fingerprint density at radius 2 is 1.61 bits per heavy atom. The van der Waals surface area contributed by atoms with Crippen molar-refractivity contribution < 1.29 is 26.4 Å². The molecule has 3 rings (SSSR count). The van der Waals surface area contributed by atoms with E-state index in [1.54, 1.807) is 4.90 Å². The molecule has 150 valence electrons. The van der Waals surface area contributed by atoms with Crippen LogP contribution in [-0.4, -0.2) is 49.8 Å². The molecule has 28 heavy (non-hydrogen) atoms. The second-order valence-electron chi connectivity index (χ2n) is 6.18. The van der Waals surface area contributed by atoms with E-state index in [0.717, 1.165) is 12.3 Å². The summed E-state index contributed by atoms with van der Waals surface area (Å²) in [4.78, 5) is 16.7. The van der Waals surface area contributed by atoms with Crippen molar-refractivity contribution in [3.05, 3.63) is 53.7 Å². The van der Waals surface area contributed by atoms with E-state index in [9.17, 15) is 26.4 Å². The van der Waals surface area contributed by atoms with Gasteiger partial charge in [-0.25, -0.2) is 13.4 Å². The maximum absolute atomic E-state index is 12.7. The van der Waals surface area contributed by atoms with Gasteiger partial charge in [-0.05, 0) is 36.4 Å². The normalized spacial score (nSPS) is 16.2. The summed E-state index contributed by atoms with van der Waals surface area (Å²) in [5, 5.41) is 0. The Morgan fingerprint density at radius 1 is 1.00 bits per heavy atom. The maximum atomic E-state index is 12.7. The number of hydrogen-bond acceptors (Lipinski definition) is 5. The lowest BCUT2D eigenvalue weighted by atomic mass is 10.2. The number of piperazine rings is 1. The van der Waals surface area contributed by atoms with Gasteiger partial charge in [0.1, 0.15) is 5.82 Å². The van der Waals surface area contributed by atoms with Gasteiger partial charge >= 0.3 is 6.18 Å². The molecule has 7 nitrogen and oxygen atoms in total. The van der Waals surface area contributed by atoms with Gasteiger partial charge in [-0.1, -0.05) is 0 Å². The number of anilines is 1. The van der Waals surface area contributed by atoms with Crippen molar-refractivity contribution in [2.24, 2.45) is 5.73 Å². The first-order valence-corrected chi connectivity index (χ1v) is 9.71. The molecule has 0 atom stereocenters. The number of hydrogen-bond donors (Lipinski definition) is 1. The van der Waals surface area contributed by atoms with E-state index < -0.39 is 27.7 Å². The number of halogens is 3. The molecule has 0 spiro atoms. The van der Waals surface area contributed by atoms with Crippen molar-refractivity contribution in [2.75, 3.05) is 31.1 Å². The zero-order chi connectivity index (χ0) is 20.5. The van der Waals surface area contributed by atoms with Crippen molar-refractivity contribution in [1.82, 2.24) is 9.29 Å². The number of nitrogens with zero attached hydrogens (tertiary/aromatic N) is 3. The van der Waals surface area contributed by atoms with E-state index in [1.165, 1.54) is 34.6 Å². The molecule has 0 saturated carbocycles. The number of amides is 1. The molecule has 2 N–H and O–H groups in total. The lowest BCUT2D eigenvalue weighted by Gasteiger charge is -2.34. The molecular formula is C17H17F3N4O3S. The van der Waals surface area contributed by atoms with Gasteiger partial charge in [-0.3, -0.25) is 4.79 Å². The van der Waals surface area contributed by atoms with Crippen molar-refractivity contribution in [2.45, 2.75) is 11.1 Å². The van der Waals surface area contributed by atoms with Crippen LogP contribution in [-0.2, 0) is 16.2 Å². The summed E-state index contributed by atoms with van der Waals surface area (Å²) in [6.07, 6.45) is -3.69. The van der Waals surface area contributed by atoms with Gasteiger partial charge in [0, 0.05) is 37.9 Å². The molecule has 1 aliphatic heterocycles. The zero-order valence-corrected chi connectivity index (χ0v) is 15.4. The van der Waals surface area contributed by atoms with E-state index >= 15 is 0 Å². The Bertz CT molecular complexity index is 953. The van der Waals surface area contributed by atoms with Crippen LogP contribution in [0.4, 0.5) is 19.0 Å². The molecule has 1 fully saturated rings. The lowest BCUT2D eigenvalue weighted by molar-refractivity contribution is -0.137. The highest BCUT2D eigenvalue weighted by Gasteiger charge is 2.32. The average Bonchev–Trinajstić information content (AvgIpc) is 2.67. The highest BCUT2D eigenvalue weighted by Crippen LogP contribution is 2.29. The zero-order valence-electron chi connectivity index (χ0n) is 14.6. The summed E-state index contributed by atoms with van der Waals surface area (Å²) >= 11 is 0. The third kappa shape index (κ3) is 4.09. The fourth-order valence-electron chi connectivity index (χ4n) is 2.84. The van der Waals surface area contributed by atoms with Crippen LogP contribution in [0.1, 0.15) is 15.9 Å². The Hall–Kier alpha value is -2.66. The van der Waals surface area contributed by atoms with Crippen LogP contribution in [0, 0.1) is 0 Å². The number of carbonyl (C=O) groups excluding carboxylic acids is 1. The summed E-state index contributed by atoms with van der Waals surface area (Å²) in [6.45, 7) is 0.888. The molecule has 1 aliphatic rings. The molecule has 1 saturated heterocycles. The molecular weight excluding hydrogens is 397 g/mol. The SMILES string of the molecule is NC(=O)c1ccc(S(=O)(=O)N2CCN(c3ccc(C(F)(F)F)cn3)CC2)cc1. The van der Waals surface area contributed by atoms with E-state index in [0.29, 0.717) is 5.82 Å². The minimum absolute atomic E-state index is 0.0404. The van der Waals surface area contributed by atoms with Gasteiger partial charge in [0.2, 0.25) is 15.9 Å². The summed E-state index contributed by atoms with van der Waals surface area (Å²) in [5.41, 5.74) is 4.52. The quantitative estimate of drug-likeness (QED) is 0.822. The Labute approximate surface area is 159 Å². The van der Waals surface area contributed by atoms with Crippen molar-refractivity contribution >= 4 is 21.7 Å². The van der Waals surface area contributed by atoms with Gasteiger partial charge < -0.3 is 10.6 Å². The van der Waals surface area contributed by atoms with Crippen LogP contribution < -0.4 is 10.6 Å². The lowest BCUT2D eigenvalue weighted by Crippen LogP contribution is -2.48. The number of primary amides is 1. The van der Waals surface area contributed by atoms with Gasteiger partial charge in [0.15, 0.2) is 0 Å². The van der Waals surface area contributed by atoms with E-state index in [-0.39, 0.29) is 36.6 Å². The predicted molar refractivity (Wildman–Crippen MR) is 95.2 cm³/mol. The van der Waals surface area contributed by atoms with E-state index in [2.05, 4.69) is 4.98 Å². The second kappa shape index (κ2) is 7.40. The standard InChI is InChI=1S/C17H17F3N4O3S/c18-17(19,20)13-3-6-15(22-11-13)23-7-9-24(10-8-23)28(26,27)14-4-1-12(2-5-14)16(21)25/h1-6,11H,7-10H2,(H2,21,25). The highest BCUT2D eigenvalue weighted by molar-refractivity contribution is 7.89. The van der Waals surface area contributed by atoms with Gasteiger partial charge in [-0.2, -0.15) is 17.5 Å². The molecule has 2 heterocycles. The van der Waals surface area contributed by atoms with Crippen molar-refractivity contribution in [1.29, 1.82) is 0 Å².